The number of nitrogens with one attached hydrogen (secondary N) is 1. The Morgan fingerprint density at radius 2 is 2.00 bits per heavy atom. The fraction of sp³-hybridized carbons (Fsp3) is 0.462. The quantitative estimate of drug-likeness (QED) is 0.860. The number of amides is 1. The Morgan fingerprint density at radius 3 is 2.48 bits per heavy atom. The zero-order chi connectivity index (χ0) is 16.2. The van der Waals surface area contributed by atoms with Crippen LogP contribution in [0.25, 0.3) is 0 Å². The predicted octanol–water partition coefficient (Wildman–Crippen LogP) is 2.07. The molecule has 0 spiro atoms. The van der Waals surface area contributed by atoms with Gasteiger partial charge in [0.1, 0.15) is 0 Å². The molecule has 0 saturated carbocycles. The van der Waals surface area contributed by atoms with Gasteiger partial charge in [-0.15, -0.1) is 0 Å². The normalized spacial score (nSPS) is 11.3. The van der Waals surface area contributed by atoms with E-state index in [1.54, 1.807) is 0 Å². The van der Waals surface area contributed by atoms with Gasteiger partial charge in [0.2, 0.25) is 10.0 Å². The van der Waals surface area contributed by atoms with Gasteiger partial charge >= 0.3 is 0 Å². The molecule has 0 saturated heterocycles. The van der Waals surface area contributed by atoms with Crippen molar-refractivity contribution in [2.24, 2.45) is 5.92 Å². The van der Waals surface area contributed by atoms with Gasteiger partial charge in [-0.3, -0.25) is 4.79 Å². The van der Waals surface area contributed by atoms with Crippen LogP contribution in [0.3, 0.4) is 0 Å². The van der Waals surface area contributed by atoms with Gasteiger partial charge in [0, 0.05) is 5.56 Å². The molecule has 21 heavy (non-hydrogen) atoms. The standard InChI is InChI=1S/C13H18ClNO5S/c1-8(2)7-20-12-10(14)5-9(6-11(12)19-3)13(16)15-21(4,17)18/h5-6,8H,7H2,1-4H3,(H,15,16). The van der Waals surface area contributed by atoms with Crippen molar-refractivity contribution in [1.82, 2.24) is 4.72 Å². The molecule has 1 amide bonds. The lowest BCUT2D eigenvalue weighted by atomic mass is 10.2. The summed E-state index contributed by atoms with van der Waals surface area (Å²) in [5.41, 5.74) is 0.0687. The SMILES string of the molecule is COc1cc(C(=O)NS(C)(=O)=O)cc(Cl)c1OCC(C)C. The fourth-order valence-corrected chi connectivity index (χ4v) is 2.19. The summed E-state index contributed by atoms with van der Waals surface area (Å²) in [7, 11) is -2.24. The van der Waals surface area contributed by atoms with E-state index in [1.807, 2.05) is 18.6 Å². The van der Waals surface area contributed by atoms with Gasteiger partial charge in [-0.05, 0) is 18.1 Å². The molecule has 1 aromatic rings. The van der Waals surface area contributed by atoms with E-state index in [4.69, 9.17) is 21.1 Å². The molecule has 0 aliphatic heterocycles. The largest absolute Gasteiger partial charge is 0.493 e. The highest BCUT2D eigenvalue weighted by Gasteiger charge is 2.18. The van der Waals surface area contributed by atoms with Crippen molar-refractivity contribution in [3.8, 4) is 11.5 Å². The smallest absolute Gasteiger partial charge is 0.264 e. The topological polar surface area (TPSA) is 81.7 Å². The third-order valence-electron chi connectivity index (χ3n) is 2.33. The maximum Gasteiger partial charge on any atom is 0.264 e. The summed E-state index contributed by atoms with van der Waals surface area (Å²) in [4.78, 5) is 11.8. The van der Waals surface area contributed by atoms with E-state index in [0.29, 0.717) is 18.3 Å². The van der Waals surface area contributed by atoms with Crippen LogP contribution in [-0.2, 0) is 10.0 Å². The van der Waals surface area contributed by atoms with Gasteiger partial charge in [-0.2, -0.15) is 0 Å². The number of carbonyl (C=O) groups is 1. The number of rotatable bonds is 6. The van der Waals surface area contributed by atoms with Crippen LogP contribution in [0.2, 0.25) is 5.02 Å². The van der Waals surface area contributed by atoms with Gasteiger partial charge in [-0.25, -0.2) is 13.1 Å². The highest BCUT2D eigenvalue weighted by molar-refractivity contribution is 7.89. The Balaban J connectivity index is 3.11. The predicted molar refractivity (Wildman–Crippen MR) is 80.6 cm³/mol. The Labute approximate surface area is 129 Å². The molecule has 0 heterocycles. The third kappa shape index (κ3) is 5.43. The van der Waals surface area contributed by atoms with E-state index in [-0.39, 0.29) is 16.3 Å². The summed E-state index contributed by atoms with van der Waals surface area (Å²) in [6.07, 6.45) is 0.893. The van der Waals surface area contributed by atoms with Crippen molar-refractivity contribution >= 4 is 27.5 Å². The first-order chi connectivity index (χ1) is 9.64. The minimum atomic E-state index is -3.65. The molecule has 8 heteroatoms. The summed E-state index contributed by atoms with van der Waals surface area (Å²) in [6, 6.07) is 2.71. The molecule has 0 aliphatic rings. The van der Waals surface area contributed by atoms with Gasteiger partial charge in [0.15, 0.2) is 11.5 Å². The Hall–Kier alpha value is -1.47. The molecule has 0 radical (unpaired) electrons. The van der Waals surface area contributed by atoms with Crippen LogP contribution < -0.4 is 14.2 Å². The minimum Gasteiger partial charge on any atom is -0.493 e. The van der Waals surface area contributed by atoms with Crippen LogP contribution in [0.5, 0.6) is 11.5 Å². The van der Waals surface area contributed by atoms with Crippen molar-refractivity contribution in [1.29, 1.82) is 0 Å². The number of hydrogen-bond donors (Lipinski definition) is 1. The van der Waals surface area contributed by atoms with Crippen molar-refractivity contribution in [3.63, 3.8) is 0 Å². The monoisotopic (exact) mass is 335 g/mol. The third-order valence-corrected chi connectivity index (χ3v) is 3.17. The number of sulfonamides is 1. The molecule has 0 atom stereocenters. The molecular formula is C13H18ClNO5S. The summed E-state index contributed by atoms with van der Waals surface area (Å²) >= 11 is 6.08. The molecule has 0 aliphatic carbocycles. The molecule has 1 aromatic carbocycles. The van der Waals surface area contributed by atoms with Crippen molar-refractivity contribution in [2.75, 3.05) is 20.0 Å². The molecule has 0 aromatic heterocycles. The maximum absolute atomic E-state index is 11.8. The number of hydrogen-bond acceptors (Lipinski definition) is 5. The van der Waals surface area contributed by atoms with Crippen molar-refractivity contribution in [2.45, 2.75) is 13.8 Å². The highest BCUT2D eigenvalue weighted by atomic mass is 35.5. The molecule has 1 rings (SSSR count). The number of methoxy groups -OCH3 is 1. The first kappa shape index (κ1) is 17.6. The summed E-state index contributed by atoms with van der Waals surface area (Å²) < 4.78 is 34.7. The Morgan fingerprint density at radius 1 is 1.38 bits per heavy atom. The van der Waals surface area contributed by atoms with Crippen LogP contribution in [0, 0.1) is 5.92 Å². The number of halogens is 1. The molecule has 0 bridgehead atoms. The summed E-state index contributed by atoms with van der Waals surface area (Å²) in [5, 5.41) is 0.175. The van der Waals surface area contributed by atoms with Crippen molar-refractivity contribution in [3.05, 3.63) is 22.7 Å². The molecule has 118 valence electrons. The molecule has 0 unspecified atom stereocenters. The van der Waals surface area contributed by atoms with E-state index in [2.05, 4.69) is 0 Å². The lowest BCUT2D eigenvalue weighted by Gasteiger charge is -2.15. The highest BCUT2D eigenvalue weighted by Crippen LogP contribution is 2.36. The van der Waals surface area contributed by atoms with Crippen LogP contribution in [-0.4, -0.2) is 34.3 Å². The van der Waals surface area contributed by atoms with Crippen LogP contribution in [0.15, 0.2) is 12.1 Å². The van der Waals surface area contributed by atoms with E-state index < -0.39 is 15.9 Å². The number of carbonyl (C=O) groups excluding carboxylic acids is 1. The first-order valence-electron chi connectivity index (χ1n) is 6.16. The van der Waals surface area contributed by atoms with E-state index in [9.17, 15) is 13.2 Å². The van der Waals surface area contributed by atoms with Gasteiger partial charge in [-0.1, -0.05) is 25.4 Å². The van der Waals surface area contributed by atoms with Gasteiger partial charge < -0.3 is 9.47 Å². The minimum absolute atomic E-state index is 0.0687. The van der Waals surface area contributed by atoms with Crippen LogP contribution in [0.1, 0.15) is 24.2 Å². The second-order valence-electron chi connectivity index (χ2n) is 4.90. The first-order valence-corrected chi connectivity index (χ1v) is 8.43. The van der Waals surface area contributed by atoms with Gasteiger partial charge in [0.25, 0.3) is 5.91 Å². The average Bonchev–Trinajstić information content (AvgIpc) is 2.34. The fourth-order valence-electron chi connectivity index (χ4n) is 1.47. The lowest BCUT2D eigenvalue weighted by molar-refractivity contribution is 0.0981. The zero-order valence-corrected chi connectivity index (χ0v) is 13.8. The van der Waals surface area contributed by atoms with Crippen molar-refractivity contribution < 1.29 is 22.7 Å². The maximum atomic E-state index is 11.8. The summed E-state index contributed by atoms with van der Waals surface area (Å²) in [5.74, 6) is 0.0951. The Kier molecular flexibility index (Phi) is 5.86. The van der Waals surface area contributed by atoms with Crippen LogP contribution >= 0.6 is 11.6 Å². The molecular weight excluding hydrogens is 318 g/mol. The molecule has 0 fully saturated rings. The van der Waals surface area contributed by atoms with Gasteiger partial charge in [0.05, 0.1) is 25.0 Å². The molecule has 6 nitrogen and oxygen atoms in total. The van der Waals surface area contributed by atoms with E-state index in [0.717, 1.165) is 6.26 Å². The second-order valence-corrected chi connectivity index (χ2v) is 7.05. The zero-order valence-electron chi connectivity index (χ0n) is 12.3. The summed E-state index contributed by atoms with van der Waals surface area (Å²) in [6.45, 7) is 4.40. The number of ether oxygens (including phenoxy) is 2. The second kappa shape index (κ2) is 7.00. The van der Waals surface area contributed by atoms with E-state index >= 15 is 0 Å². The molecule has 1 N–H and O–H groups in total. The van der Waals surface area contributed by atoms with E-state index in [1.165, 1.54) is 19.2 Å². The average molecular weight is 336 g/mol. The van der Waals surface area contributed by atoms with Crippen LogP contribution in [0.4, 0.5) is 0 Å². The number of benzene rings is 1. The Bertz CT molecular complexity index is 628. The lowest BCUT2D eigenvalue weighted by Crippen LogP contribution is -2.29.